The van der Waals surface area contributed by atoms with Gasteiger partial charge in [-0.3, -0.25) is 9.59 Å². The topological polar surface area (TPSA) is 83.5 Å². The molecule has 4 aliphatic heterocycles. The van der Waals surface area contributed by atoms with Gasteiger partial charge in [0.15, 0.2) is 0 Å². The number of hydrogen-bond acceptors (Lipinski definition) is 8. The predicted octanol–water partition coefficient (Wildman–Crippen LogP) is 6.96. The molecule has 0 saturated carbocycles. The Hall–Kier alpha value is -1.22. The van der Waals surface area contributed by atoms with Crippen LogP contribution in [0.4, 0.5) is 0 Å². The number of nitrogens with zero attached hydrogens (tertiary/aromatic N) is 1. The van der Waals surface area contributed by atoms with E-state index in [9.17, 15) is 9.59 Å². The van der Waals surface area contributed by atoms with Gasteiger partial charge in [0, 0.05) is 23.8 Å². The van der Waals surface area contributed by atoms with Gasteiger partial charge in [-0.25, -0.2) is 0 Å². The monoisotopic (exact) mass is 635 g/mol. The van der Waals surface area contributed by atoms with E-state index in [1.807, 2.05) is 13.8 Å². The Morgan fingerprint density at radius 1 is 0.711 bits per heavy atom. The van der Waals surface area contributed by atoms with E-state index in [1.165, 1.54) is 0 Å². The Balaban J connectivity index is 1.57. The molecule has 0 unspecified atom stereocenters. The molecule has 0 aromatic rings. The van der Waals surface area contributed by atoms with E-state index < -0.39 is 0 Å². The Morgan fingerprint density at radius 2 is 1.29 bits per heavy atom. The highest BCUT2D eigenvalue weighted by Gasteiger charge is 2.47. The van der Waals surface area contributed by atoms with Crippen LogP contribution < -0.4 is 0 Å². The van der Waals surface area contributed by atoms with Crippen LogP contribution in [0.3, 0.4) is 0 Å². The maximum absolute atomic E-state index is 13.9. The van der Waals surface area contributed by atoms with Crippen LogP contribution in [0.2, 0.25) is 0 Å². The lowest BCUT2D eigenvalue weighted by Gasteiger charge is -2.38. The molecule has 0 aromatic heterocycles. The molecule has 0 radical (unpaired) electrons. The number of fused-ring (bicyclic) bond motifs is 4. The molecule has 4 fully saturated rings. The molecule has 8 nitrogen and oxygen atoms in total. The van der Waals surface area contributed by atoms with E-state index >= 15 is 0 Å². The first-order valence-electron chi connectivity index (χ1n) is 18.5. The molecule has 0 spiro atoms. The minimum Gasteiger partial charge on any atom is -0.462 e. The van der Waals surface area contributed by atoms with Gasteiger partial charge in [-0.2, -0.15) is 0 Å². The fourth-order valence-corrected chi connectivity index (χ4v) is 8.59. The molecular formula is C37H65NO7. The van der Waals surface area contributed by atoms with Gasteiger partial charge in [0.05, 0.1) is 48.5 Å². The maximum Gasteiger partial charge on any atom is 0.311 e. The third kappa shape index (κ3) is 8.83. The highest BCUT2D eigenvalue weighted by molar-refractivity contribution is 5.73. The molecule has 8 heteroatoms. The van der Waals surface area contributed by atoms with Crippen molar-refractivity contribution in [3.05, 3.63) is 0 Å². The molecule has 4 rings (SSSR count). The molecule has 4 aliphatic rings. The number of rotatable bonds is 10. The highest BCUT2D eigenvalue weighted by atomic mass is 16.6. The van der Waals surface area contributed by atoms with E-state index in [4.69, 9.17) is 23.7 Å². The molecule has 260 valence electrons. The van der Waals surface area contributed by atoms with Crippen LogP contribution in [-0.2, 0) is 33.3 Å². The number of hydrogen-bond donors (Lipinski definition) is 0. The van der Waals surface area contributed by atoms with E-state index in [0.29, 0.717) is 6.04 Å². The van der Waals surface area contributed by atoms with Crippen molar-refractivity contribution in [2.45, 2.75) is 180 Å². The van der Waals surface area contributed by atoms with E-state index in [1.54, 1.807) is 0 Å². The largest absolute Gasteiger partial charge is 0.462 e. The Kier molecular flexibility index (Phi) is 13.6. The summed E-state index contributed by atoms with van der Waals surface area (Å²) in [5.74, 6) is -0.996. The van der Waals surface area contributed by atoms with Crippen molar-refractivity contribution in [2.75, 3.05) is 14.1 Å². The van der Waals surface area contributed by atoms with Crippen LogP contribution in [0.1, 0.15) is 126 Å². The zero-order valence-electron chi connectivity index (χ0n) is 29.9. The molecule has 4 heterocycles. The van der Waals surface area contributed by atoms with Crippen molar-refractivity contribution in [3.8, 4) is 0 Å². The molecule has 0 N–H and O–H groups in total. The van der Waals surface area contributed by atoms with E-state index in [-0.39, 0.29) is 90.4 Å². The third-order valence-corrected chi connectivity index (χ3v) is 11.8. The first kappa shape index (κ1) is 36.6. The molecular weight excluding hydrogens is 570 g/mol. The van der Waals surface area contributed by atoms with Crippen molar-refractivity contribution >= 4 is 11.9 Å². The molecule has 0 amide bonds. The fraction of sp³-hybridized carbons (Fsp3) is 0.946. The van der Waals surface area contributed by atoms with Gasteiger partial charge in [-0.05, 0) is 92.2 Å². The molecule has 45 heavy (non-hydrogen) atoms. The average molecular weight is 636 g/mol. The number of esters is 2. The summed E-state index contributed by atoms with van der Waals surface area (Å²) in [5.41, 5.74) is 0. The lowest BCUT2D eigenvalue weighted by molar-refractivity contribution is -0.178. The van der Waals surface area contributed by atoms with Crippen LogP contribution in [0.25, 0.3) is 0 Å². The average Bonchev–Trinajstić information content (AvgIpc) is 3.80. The van der Waals surface area contributed by atoms with Crippen molar-refractivity contribution in [3.63, 3.8) is 0 Å². The minimum absolute atomic E-state index is 0.0328. The van der Waals surface area contributed by atoms with Gasteiger partial charge in [0.2, 0.25) is 0 Å². The zero-order valence-corrected chi connectivity index (χ0v) is 29.9. The van der Waals surface area contributed by atoms with Crippen LogP contribution in [0.15, 0.2) is 0 Å². The minimum atomic E-state index is -0.376. The Bertz CT molecular complexity index is 944. The van der Waals surface area contributed by atoms with Gasteiger partial charge in [-0.15, -0.1) is 0 Å². The first-order valence-corrected chi connectivity index (χ1v) is 18.5. The summed E-state index contributed by atoms with van der Waals surface area (Å²) in [5, 5.41) is 0. The summed E-state index contributed by atoms with van der Waals surface area (Å²) < 4.78 is 32.8. The van der Waals surface area contributed by atoms with Gasteiger partial charge in [-0.1, -0.05) is 47.5 Å². The smallest absolute Gasteiger partial charge is 0.311 e. The number of carbonyl (C=O) groups is 2. The van der Waals surface area contributed by atoms with Crippen molar-refractivity contribution < 1.29 is 33.3 Å². The molecule has 0 aliphatic carbocycles. The van der Waals surface area contributed by atoms with E-state index in [0.717, 1.165) is 77.0 Å². The molecule has 4 saturated heterocycles. The summed E-state index contributed by atoms with van der Waals surface area (Å²) >= 11 is 0. The van der Waals surface area contributed by atoms with Crippen molar-refractivity contribution in [1.82, 2.24) is 4.90 Å². The van der Waals surface area contributed by atoms with Crippen LogP contribution in [0, 0.1) is 29.6 Å². The maximum atomic E-state index is 13.9. The van der Waals surface area contributed by atoms with Gasteiger partial charge >= 0.3 is 11.9 Å². The van der Waals surface area contributed by atoms with Crippen molar-refractivity contribution in [1.29, 1.82) is 0 Å². The van der Waals surface area contributed by atoms with Crippen LogP contribution >= 0.6 is 0 Å². The molecule has 0 aromatic carbocycles. The van der Waals surface area contributed by atoms with Gasteiger partial charge in [0.25, 0.3) is 0 Å². The van der Waals surface area contributed by atoms with Crippen LogP contribution in [-0.4, -0.2) is 85.8 Å². The second-order valence-corrected chi connectivity index (χ2v) is 15.1. The first-order chi connectivity index (χ1) is 21.5. The van der Waals surface area contributed by atoms with Gasteiger partial charge in [0.1, 0.15) is 12.2 Å². The summed E-state index contributed by atoms with van der Waals surface area (Å²) in [6.07, 6.45) is 10.4. The highest BCUT2D eigenvalue weighted by Crippen LogP contribution is 2.41. The SMILES string of the molecule is CCC[C@H](C[C@@H]1CC[C@H]([C@@H](CC)[C@@H]2OC(=O)[C@H](C)[C@H]3CC[C@H](O3)[C@H](C)[C@@H](CCC)OC(=O)[C@H](C)[C@H]3CC[C@H](O3)[C@H]2C)O1)N(C)C. The summed E-state index contributed by atoms with van der Waals surface area (Å²) in [4.78, 5) is 29.7. The van der Waals surface area contributed by atoms with Gasteiger partial charge < -0.3 is 28.6 Å². The number of carbonyl (C=O) groups excluding carboxylic acids is 2. The summed E-state index contributed by atoms with van der Waals surface area (Å²) in [6.45, 7) is 14.8. The predicted molar refractivity (Wildman–Crippen MR) is 176 cm³/mol. The normalized spacial score (nSPS) is 41.2. The number of cyclic esters (lactones) is 2. The molecule has 14 atom stereocenters. The lowest BCUT2D eigenvalue weighted by Crippen LogP contribution is -2.45. The lowest BCUT2D eigenvalue weighted by atomic mass is 9.81. The van der Waals surface area contributed by atoms with E-state index in [2.05, 4.69) is 53.6 Å². The Morgan fingerprint density at radius 3 is 1.84 bits per heavy atom. The second-order valence-electron chi connectivity index (χ2n) is 15.1. The van der Waals surface area contributed by atoms with Crippen LogP contribution in [0.5, 0.6) is 0 Å². The quantitative estimate of drug-likeness (QED) is 0.238. The molecule has 4 bridgehead atoms. The van der Waals surface area contributed by atoms with Crippen molar-refractivity contribution in [2.24, 2.45) is 29.6 Å². The second kappa shape index (κ2) is 16.7. The number of ether oxygens (including phenoxy) is 5. The fourth-order valence-electron chi connectivity index (χ4n) is 8.59. The summed E-state index contributed by atoms with van der Waals surface area (Å²) in [7, 11) is 4.33. The Labute approximate surface area is 274 Å². The standard InChI is InChI=1S/C37H65NO7/c1-10-13-26(38(8)9)21-27-15-16-34(41-27)28(12-3)35-23(5)31-18-20-32(43-31)24(6)36(39)44-29(14-11-2)22(4)30-17-19-33(42-30)25(7)37(40)45-35/h22-35H,10-21H2,1-9H3/t22-,23-,24-,25-,26-,27+,28-,29-,30+,31+,32-,33-,34-,35-/m1/s1. The summed E-state index contributed by atoms with van der Waals surface area (Å²) in [6, 6.07) is 0.506. The zero-order chi connectivity index (χ0) is 32.8. The third-order valence-electron chi connectivity index (χ3n) is 11.8.